The molecular formula is C12H18N4. The average Bonchev–Trinajstić information content (AvgIpc) is 2.84. The average molecular weight is 218 g/mol. The lowest BCUT2D eigenvalue weighted by atomic mass is 10.2. The Labute approximate surface area is 95.9 Å². The fraction of sp³-hybridized carbons (Fsp3) is 0.417. The number of aromatic nitrogens is 3. The predicted molar refractivity (Wildman–Crippen MR) is 63.9 cm³/mol. The normalized spacial score (nSPS) is 12.9. The second kappa shape index (κ2) is 4.53. The molecule has 0 radical (unpaired) electrons. The van der Waals surface area contributed by atoms with Gasteiger partial charge in [0.2, 0.25) is 0 Å². The summed E-state index contributed by atoms with van der Waals surface area (Å²) in [7, 11) is 3.97. The molecule has 0 saturated carbocycles. The van der Waals surface area contributed by atoms with E-state index in [1.54, 1.807) is 0 Å². The molecule has 0 aromatic carbocycles. The smallest absolute Gasteiger partial charge is 0.0537 e. The van der Waals surface area contributed by atoms with E-state index in [0.717, 1.165) is 6.54 Å². The van der Waals surface area contributed by atoms with Crippen LogP contribution >= 0.6 is 0 Å². The first-order valence-corrected chi connectivity index (χ1v) is 5.48. The molecule has 0 aliphatic carbocycles. The van der Waals surface area contributed by atoms with Gasteiger partial charge in [-0.15, -0.1) is 0 Å². The van der Waals surface area contributed by atoms with Gasteiger partial charge in [-0.25, -0.2) is 0 Å². The Morgan fingerprint density at radius 3 is 2.75 bits per heavy atom. The van der Waals surface area contributed by atoms with Crippen molar-refractivity contribution in [1.29, 1.82) is 0 Å². The van der Waals surface area contributed by atoms with Gasteiger partial charge in [0.05, 0.1) is 6.20 Å². The predicted octanol–water partition coefficient (Wildman–Crippen LogP) is 1.61. The van der Waals surface area contributed by atoms with Gasteiger partial charge in [0.25, 0.3) is 0 Å². The molecule has 2 heterocycles. The van der Waals surface area contributed by atoms with Gasteiger partial charge in [-0.2, -0.15) is 5.10 Å². The molecule has 1 N–H and O–H groups in total. The molecule has 0 spiro atoms. The van der Waals surface area contributed by atoms with Gasteiger partial charge in [-0.05, 0) is 18.6 Å². The maximum Gasteiger partial charge on any atom is 0.0537 e. The first-order chi connectivity index (χ1) is 7.65. The van der Waals surface area contributed by atoms with Gasteiger partial charge < -0.3 is 9.88 Å². The molecule has 0 aliphatic rings. The fourth-order valence-electron chi connectivity index (χ4n) is 1.72. The summed E-state index contributed by atoms with van der Waals surface area (Å²) in [5.74, 6) is 0. The van der Waals surface area contributed by atoms with E-state index in [0.29, 0.717) is 6.04 Å². The molecule has 2 aromatic heterocycles. The number of hydrogen-bond acceptors (Lipinski definition) is 2. The second-order valence-corrected chi connectivity index (χ2v) is 4.24. The summed E-state index contributed by atoms with van der Waals surface area (Å²) in [4.78, 5) is 0. The van der Waals surface area contributed by atoms with Gasteiger partial charge in [-0.3, -0.25) is 4.68 Å². The van der Waals surface area contributed by atoms with E-state index in [-0.39, 0.29) is 0 Å². The SMILES string of the molecule is CC(NCc1ccn(C)c1)c1cnn(C)c1. The Kier molecular flexibility index (Phi) is 3.10. The lowest BCUT2D eigenvalue weighted by Gasteiger charge is -2.10. The molecular weight excluding hydrogens is 200 g/mol. The van der Waals surface area contributed by atoms with Gasteiger partial charge >= 0.3 is 0 Å². The van der Waals surface area contributed by atoms with E-state index >= 15 is 0 Å². The van der Waals surface area contributed by atoms with Gasteiger partial charge in [0.1, 0.15) is 0 Å². The van der Waals surface area contributed by atoms with Crippen molar-refractivity contribution in [3.8, 4) is 0 Å². The second-order valence-electron chi connectivity index (χ2n) is 4.24. The summed E-state index contributed by atoms with van der Waals surface area (Å²) in [5.41, 5.74) is 2.52. The largest absolute Gasteiger partial charge is 0.357 e. The maximum atomic E-state index is 4.17. The van der Waals surface area contributed by atoms with Gasteiger partial charge in [-0.1, -0.05) is 0 Å². The van der Waals surface area contributed by atoms with E-state index in [1.807, 2.05) is 31.2 Å². The van der Waals surface area contributed by atoms with Gasteiger partial charge in [0, 0.05) is 50.8 Å². The van der Waals surface area contributed by atoms with Crippen molar-refractivity contribution in [3.63, 3.8) is 0 Å². The highest BCUT2D eigenvalue weighted by Gasteiger charge is 2.06. The van der Waals surface area contributed by atoms with Crippen LogP contribution in [0.2, 0.25) is 0 Å². The lowest BCUT2D eigenvalue weighted by Crippen LogP contribution is -2.17. The molecule has 86 valence electrons. The number of aryl methyl sites for hydroxylation is 2. The molecule has 1 unspecified atom stereocenters. The van der Waals surface area contributed by atoms with Crippen molar-refractivity contribution >= 4 is 0 Å². The van der Waals surface area contributed by atoms with Crippen LogP contribution in [0.3, 0.4) is 0 Å². The van der Waals surface area contributed by atoms with E-state index in [4.69, 9.17) is 0 Å². The van der Waals surface area contributed by atoms with Crippen LogP contribution in [0, 0.1) is 0 Å². The van der Waals surface area contributed by atoms with Crippen LogP contribution in [0.1, 0.15) is 24.1 Å². The molecule has 1 atom stereocenters. The van der Waals surface area contributed by atoms with Crippen molar-refractivity contribution in [1.82, 2.24) is 19.7 Å². The number of nitrogens with zero attached hydrogens (tertiary/aromatic N) is 3. The summed E-state index contributed by atoms with van der Waals surface area (Å²) in [6, 6.07) is 2.46. The Morgan fingerprint density at radius 1 is 1.38 bits per heavy atom. The fourth-order valence-corrected chi connectivity index (χ4v) is 1.72. The Morgan fingerprint density at radius 2 is 2.19 bits per heavy atom. The molecule has 0 bridgehead atoms. The molecule has 0 fully saturated rings. The number of nitrogens with one attached hydrogen (secondary N) is 1. The van der Waals surface area contributed by atoms with Crippen molar-refractivity contribution in [3.05, 3.63) is 42.0 Å². The molecule has 4 heteroatoms. The third-order valence-corrected chi connectivity index (χ3v) is 2.73. The summed E-state index contributed by atoms with van der Waals surface area (Å²) in [6.07, 6.45) is 8.14. The van der Waals surface area contributed by atoms with Crippen LogP contribution < -0.4 is 5.32 Å². The van der Waals surface area contributed by atoms with Crippen LogP contribution in [0.25, 0.3) is 0 Å². The lowest BCUT2D eigenvalue weighted by molar-refractivity contribution is 0.574. The maximum absolute atomic E-state index is 4.17. The zero-order chi connectivity index (χ0) is 11.5. The highest BCUT2D eigenvalue weighted by Crippen LogP contribution is 2.11. The first-order valence-electron chi connectivity index (χ1n) is 5.48. The molecule has 2 rings (SSSR count). The monoisotopic (exact) mass is 218 g/mol. The zero-order valence-electron chi connectivity index (χ0n) is 10.0. The Hall–Kier alpha value is -1.55. The van der Waals surface area contributed by atoms with E-state index < -0.39 is 0 Å². The van der Waals surface area contributed by atoms with Crippen LogP contribution in [0.5, 0.6) is 0 Å². The number of hydrogen-bond donors (Lipinski definition) is 1. The van der Waals surface area contributed by atoms with Crippen LogP contribution in [-0.2, 0) is 20.6 Å². The van der Waals surface area contributed by atoms with Crippen LogP contribution in [-0.4, -0.2) is 14.3 Å². The molecule has 2 aromatic rings. The highest BCUT2D eigenvalue weighted by molar-refractivity contribution is 5.12. The Bertz CT molecular complexity index is 455. The van der Waals surface area contributed by atoms with E-state index in [1.165, 1.54) is 11.1 Å². The first kappa shape index (κ1) is 11.0. The summed E-state index contributed by atoms with van der Waals surface area (Å²) in [6.45, 7) is 3.04. The molecule has 0 aliphatic heterocycles. The minimum atomic E-state index is 0.328. The standard InChI is InChI=1S/C12H18N4/c1-10(12-7-14-16(3)9-12)13-6-11-4-5-15(2)8-11/h4-5,7-10,13H,6H2,1-3H3. The summed E-state index contributed by atoms with van der Waals surface area (Å²) in [5, 5.41) is 7.64. The van der Waals surface area contributed by atoms with Crippen LogP contribution in [0.15, 0.2) is 30.9 Å². The third-order valence-electron chi connectivity index (χ3n) is 2.73. The molecule has 16 heavy (non-hydrogen) atoms. The summed E-state index contributed by atoms with van der Waals surface area (Å²) >= 11 is 0. The van der Waals surface area contributed by atoms with Gasteiger partial charge in [0.15, 0.2) is 0 Å². The molecule has 0 amide bonds. The molecule has 4 nitrogen and oxygen atoms in total. The topological polar surface area (TPSA) is 34.8 Å². The van der Waals surface area contributed by atoms with Crippen molar-refractivity contribution < 1.29 is 0 Å². The van der Waals surface area contributed by atoms with Crippen molar-refractivity contribution in [2.75, 3.05) is 0 Å². The minimum Gasteiger partial charge on any atom is -0.357 e. The highest BCUT2D eigenvalue weighted by atomic mass is 15.2. The van der Waals surface area contributed by atoms with E-state index in [9.17, 15) is 0 Å². The zero-order valence-corrected chi connectivity index (χ0v) is 10.0. The molecule has 0 saturated heterocycles. The summed E-state index contributed by atoms with van der Waals surface area (Å²) < 4.78 is 3.89. The number of rotatable bonds is 4. The van der Waals surface area contributed by atoms with Crippen molar-refractivity contribution in [2.45, 2.75) is 19.5 Å². The van der Waals surface area contributed by atoms with Crippen LogP contribution in [0.4, 0.5) is 0 Å². The minimum absolute atomic E-state index is 0.328. The van der Waals surface area contributed by atoms with Crippen molar-refractivity contribution in [2.24, 2.45) is 14.1 Å². The van der Waals surface area contributed by atoms with E-state index in [2.05, 4.69) is 40.4 Å². The Balaban J connectivity index is 1.91. The quantitative estimate of drug-likeness (QED) is 0.846. The third kappa shape index (κ3) is 2.52.